The van der Waals surface area contributed by atoms with E-state index >= 15 is 0 Å². The van der Waals surface area contributed by atoms with Crippen molar-refractivity contribution in [1.29, 1.82) is 0 Å². The van der Waals surface area contributed by atoms with Crippen LogP contribution in [0.25, 0.3) is 32.3 Å². The van der Waals surface area contributed by atoms with Gasteiger partial charge >= 0.3 is 0 Å². The summed E-state index contributed by atoms with van der Waals surface area (Å²) in [5.41, 5.74) is -2.83. The third-order valence-corrected chi connectivity index (χ3v) is 14.7. The molecule has 7 aromatic rings. The molecule has 0 bridgehead atoms. The second-order valence-electron chi connectivity index (χ2n) is 14.0. The van der Waals surface area contributed by atoms with Crippen LogP contribution in [0.4, 0.5) is 34.1 Å². The second kappa shape index (κ2) is 17.2. The molecule has 0 fully saturated rings. The maximum absolute atomic E-state index is 12.6. The number of hydrogen-bond acceptors (Lipinski definition) is 21. The van der Waals surface area contributed by atoms with Gasteiger partial charge in [-0.2, -0.15) is 55.6 Å². The van der Waals surface area contributed by atoms with Crippen molar-refractivity contribution < 1.29 is 93.1 Å². The molecule has 27 nitrogen and oxygen atoms in total. The molecular formula is C36H24N6O21S6. The zero-order valence-corrected chi connectivity index (χ0v) is 38.1. The first-order valence-corrected chi connectivity index (χ1v) is 26.5. The molecule has 0 heterocycles. The zero-order valence-electron chi connectivity index (χ0n) is 33.2. The normalized spacial score (nSPS) is 13.5. The predicted molar refractivity (Wildman–Crippen MR) is 235 cm³/mol. The molecule has 0 aromatic heterocycles. The topological polar surface area (TPSA) is 461 Å². The van der Waals surface area contributed by atoms with E-state index in [9.17, 15) is 93.1 Å². The average molecular weight is 1070 g/mol. The lowest BCUT2D eigenvalue weighted by Gasteiger charge is -2.12. The average Bonchev–Trinajstić information content (AvgIpc) is 3.22. The summed E-state index contributed by atoms with van der Waals surface area (Å²) in [5.74, 6) is -3.30. The molecule has 0 amide bonds. The summed E-state index contributed by atoms with van der Waals surface area (Å²) in [4.78, 5) is -5.79. The van der Waals surface area contributed by atoms with E-state index in [0.29, 0.717) is 30.3 Å². The quantitative estimate of drug-likeness (QED) is 0.0439. The van der Waals surface area contributed by atoms with E-state index in [1.165, 1.54) is 0 Å². The highest BCUT2D eigenvalue weighted by Crippen LogP contribution is 2.46. The van der Waals surface area contributed by atoms with Crippen molar-refractivity contribution >= 4 is 127 Å². The first-order chi connectivity index (χ1) is 31.7. The SMILES string of the molecule is O=S(=O)(O)c1cc(O)c2c(N=Nc3ccc(N=Nc4ccc(N=Nc5cc(S(=O)(=O)O)c(O)c6ccc(S(=O)(=O)O)c(O)c56)c5cc(S(=O)(=O)O)ccc45)c(S(=O)(=O)O)c3)cc(S(=O)(=O)O)cc2c1. The summed E-state index contributed by atoms with van der Waals surface area (Å²) >= 11 is 0. The summed E-state index contributed by atoms with van der Waals surface area (Å²) < 4.78 is 204. The first kappa shape index (κ1) is 49.9. The van der Waals surface area contributed by atoms with Gasteiger partial charge < -0.3 is 15.3 Å². The molecule has 360 valence electrons. The molecule has 9 N–H and O–H groups in total. The van der Waals surface area contributed by atoms with Gasteiger partial charge in [-0.3, -0.25) is 27.3 Å². The third-order valence-electron chi connectivity index (χ3n) is 9.52. The Morgan fingerprint density at radius 3 is 1.36 bits per heavy atom. The number of hydrogen-bond donors (Lipinski definition) is 9. The van der Waals surface area contributed by atoms with Crippen molar-refractivity contribution in [2.75, 3.05) is 0 Å². The number of fused-ring (bicyclic) bond motifs is 3. The molecule has 0 aliphatic heterocycles. The summed E-state index contributed by atoms with van der Waals surface area (Å²) in [6.45, 7) is 0. The molecule has 69 heavy (non-hydrogen) atoms. The highest BCUT2D eigenvalue weighted by atomic mass is 32.2. The van der Waals surface area contributed by atoms with Crippen LogP contribution in [0.5, 0.6) is 17.2 Å². The maximum Gasteiger partial charge on any atom is 0.298 e. The minimum Gasteiger partial charge on any atom is -0.507 e. The largest absolute Gasteiger partial charge is 0.507 e. The number of benzene rings is 7. The molecule has 7 aromatic carbocycles. The van der Waals surface area contributed by atoms with Gasteiger partial charge in [0.1, 0.15) is 37.6 Å². The molecule has 0 unspecified atom stereocenters. The Morgan fingerprint density at radius 1 is 0.319 bits per heavy atom. The molecule has 0 saturated heterocycles. The Hall–Kier alpha value is -7.02. The molecular weight excluding hydrogens is 1040 g/mol. The maximum atomic E-state index is 12.6. The van der Waals surface area contributed by atoms with E-state index in [1.807, 2.05) is 0 Å². The van der Waals surface area contributed by atoms with Crippen LogP contribution in [-0.4, -0.2) is 93.1 Å². The van der Waals surface area contributed by atoms with Crippen LogP contribution in [0.3, 0.4) is 0 Å². The number of phenols is 3. The third kappa shape index (κ3) is 10.2. The Labute approximate surface area is 386 Å². The first-order valence-electron chi connectivity index (χ1n) is 17.9. The number of rotatable bonds is 12. The highest BCUT2D eigenvalue weighted by Gasteiger charge is 2.27. The van der Waals surface area contributed by atoms with Crippen molar-refractivity contribution in [3.05, 3.63) is 91.0 Å². The van der Waals surface area contributed by atoms with Crippen molar-refractivity contribution in [3.8, 4) is 17.2 Å². The van der Waals surface area contributed by atoms with Gasteiger partial charge in [-0.15, -0.1) is 25.6 Å². The molecule has 0 aliphatic rings. The second-order valence-corrected chi connectivity index (χ2v) is 22.4. The smallest absolute Gasteiger partial charge is 0.298 e. The standard InChI is InChI=1S/C36H24N6O21S6/c43-29-14-20(66(52,53)54)10-16-9-19(65(49,50)51)13-27(33(16)29)41-37-17-1-5-26(31(11-17)68(58,59)60)40-38-24-6-7-25(23-12-18(64(46,47)48)2-3-21(23)24)39-42-28-15-32(69(61,62)63)35(44)22-4-8-30(67(55,56)57)36(45)34(22)28/h1-15,43-45H,(H,46,47,48)(H,49,50,51)(H,52,53,54)(H,55,56,57)(H,58,59,60)(H,61,62,63). The Balaban J connectivity index is 1.34. The Bertz CT molecular complexity index is 4220. The lowest BCUT2D eigenvalue weighted by atomic mass is 10.1. The lowest BCUT2D eigenvalue weighted by molar-refractivity contribution is 0.441. The van der Waals surface area contributed by atoms with Gasteiger partial charge in [-0.05, 0) is 84.2 Å². The minimum atomic E-state index is -5.26. The van der Waals surface area contributed by atoms with Gasteiger partial charge in [0.05, 0.1) is 53.9 Å². The molecule has 33 heteroatoms. The van der Waals surface area contributed by atoms with Gasteiger partial charge in [0, 0.05) is 22.2 Å². The van der Waals surface area contributed by atoms with Gasteiger partial charge in [0.2, 0.25) is 0 Å². The molecule has 0 saturated carbocycles. The van der Waals surface area contributed by atoms with Crippen LogP contribution in [0.2, 0.25) is 0 Å². The number of azo groups is 3. The monoisotopic (exact) mass is 1070 g/mol. The van der Waals surface area contributed by atoms with E-state index in [-0.39, 0.29) is 32.9 Å². The van der Waals surface area contributed by atoms with Crippen molar-refractivity contribution in [2.45, 2.75) is 29.4 Å². The highest BCUT2D eigenvalue weighted by molar-refractivity contribution is 7.87. The minimum absolute atomic E-state index is 0.0848. The van der Waals surface area contributed by atoms with Crippen LogP contribution in [0.15, 0.2) is 151 Å². The molecule has 0 atom stereocenters. The van der Waals surface area contributed by atoms with E-state index in [4.69, 9.17) is 0 Å². The Morgan fingerprint density at radius 2 is 0.797 bits per heavy atom. The lowest BCUT2D eigenvalue weighted by Crippen LogP contribution is -2.01. The summed E-state index contributed by atoms with van der Waals surface area (Å²) in [5, 5.41) is 52.9. The Kier molecular flexibility index (Phi) is 12.4. The van der Waals surface area contributed by atoms with Gasteiger partial charge in [-0.25, -0.2) is 0 Å². The molecule has 7 rings (SSSR count). The summed E-state index contributed by atoms with van der Waals surface area (Å²) in [7, 11) is -30.6. The van der Waals surface area contributed by atoms with Gasteiger partial charge in [-0.1, -0.05) is 6.07 Å². The van der Waals surface area contributed by atoms with E-state index in [1.54, 1.807) is 0 Å². The summed E-state index contributed by atoms with van der Waals surface area (Å²) in [6, 6.07) is 12.3. The summed E-state index contributed by atoms with van der Waals surface area (Å²) in [6.07, 6.45) is 0. The van der Waals surface area contributed by atoms with Crippen LogP contribution < -0.4 is 0 Å². The fourth-order valence-electron chi connectivity index (χ4n) is 6.52. The van der Waals surface area contributed by atoms with Gasteiger partial charge in [0.25, 0.3) is 60.7 Å². The van der Waals surface area contributed by atoms with Crippen LogP contribution in [0, 0.1) is 0 Å². The van der Waals surface area contributed by atoms with Crippen molar-refractivity contribution in [3.63, 3.8) is 0 Å². The fraction of sp³-hybridized carbons (Fsp3) is 0. The number of nitrogens with zero attached hydrogens (tertiary/aromatic N) is 6. The van der Waals surface area contributed by atoms with Crippen molar-refractivity contribution in [2.24, 2.45) is 30.7 Å². The zero-order chi connectivity index (χ0) is 51.0. The molecule has 0 radical (unpaired) electrons. The van der Waals surface area contributed by atoms with Gasteiger partial charge in [0.15, 0.2) is 0 Å². The molecule has 0 spiro atoms. The number of phenolic OH excluding ortho intramolecular Hbond substituents is 3. The van der Waals surface area contributed by atoms with E-state index in [0.717, 1.165) is 60.7 Å². The number of aromatic hydroxyl groups is 3. The van der Waals surface area contributed by atoms with Crippen LogP contribution in [-0.2, 0) is 60.7 Å². The van der Waals surface area contributed by atoms with Crippen LogP contribution in [0.1, 0.15) is 0 Å². The van der Waals surface area contributed by atoms with Crippen molar-refractivity contribution in [1.82, 2.24) is 0 Å². The fourth-order valence-corrected chi connectivity index (χ4v) is 9.94. The predicted octanol–water partition coefficient (Wildman–Crippen LogP) is 6.99. The van der Waals surface area contributed by atoms with Crippen LogP contribution >= 0.6 is 0 Å². The molecule has 0 aliphatic carbocycles. The van der Waals surface area contributed by atoms with E-state index < -0.39 is 141 Å². The van der Waals surface area contributed by atoms with E-state index in [2.05, 4.69) is 30.7 Å².